The van der Waals surface area contributed by atoms with E-state index in [1.165, 1.54) is 12.8 Å². The van der Waals surface area contributed by atoms with Crippen LogP contribution < -0.4 is 9.80 Å². The maximum Gasteiger partial charge on any atom is 0.196 e. The van der Waals surface area contributed by atoms with Gasteiger partial charge in [0.15, 0.2) is 11.5 Å². The Morgan fingerprint density at radius 3 is 2.43 bits per heavy atom. The Hall–Kier alpha value is -2.86. The summed E-state index contributed by atoms with van der Waals surface area (Å²) in [5.41, 5.74) is 5.16. The van der Waals surface area contributed by atoms with Gasteiger partial charge >= 0.3 is 0 Å². The minimum atomic E-state index is 0.0617. The Morgan fingerprint density at radius 1 is 0.967 bits per heavy atom. The van der Waals surface area contributed by atoms with Crippen molar-refractivity contribution < 1.29 is 14.1 Å². The highest BCUT2D eigenvalue weighted by molar-refractivity contribution is 6.28. The molecule has 0 spiro atoms. The molecule has 1 aliphatic carbocycles. The molecule has 0 saturated carbocycles. The monoisotopic (exact) mass is 403 g/mol. The first kappa shape index (κ1) is 18.0. The standard InChI is InChI=1S/C24H25N3O3/c1-15-6-8-26(9-7-15)19-14-18(27-10-12-29-13-11-27)20-21-22(19)25-30-24(21)17-5-3-2-4-16(17)23(20)28/h2-5,14-15H,6-13H2,1H3. The third-order valence-electron chi connectivity index (χ3n) is 6.83. The van der Waals surface area contributed by atoms with Crippen LogP contribution in [0, 0.1) is 5.92 Å². The molecule has 6 rings (SSSR count). The number of carbonyl (C=O) groups excluding carboxylic acids is 1. The molecule has 2 aromatic carbocycles. The zero-order chi connectivity index (χ0) is 20.2. The molecule has 6 heteroatoms. The average molecular weight is 403 g/mol. The van der Waals surface area contributed by atoms with E-state index in [-0.39, 0.29) is 5.78 Å². The summed E-state index contributed by atoms with van der Waals surface area (Å²) in [5.74, 6) is 1.53. The van der Waals surface area contributed by atoms with Gasteiger partial charge in [-0.1, -0.05) is 36.3 Å². The van der Waals surface area contributed by atoms with Crippen LogP contribution in [0.15, 0.2) is 34.9 Å². The van der Waals surface area contributed by atoms with Gasteiger partial charge in [-0.3, -0.25) is 4.79 Å². The molecule has 1 aromatic heterocycles. The topological polar surface area (TPSA) is 58.8 Å². The van der Waals surface area contributed by atoms with Gasteiger partial charge < -0.3 is 19.1 Å². The molecule has 6 nitrogen and oxygen atoms in total. The van der Waals surface area contributed by atoms with Gasteiger partial charge in [0.25, 0.3) is 0 Å². The first-order valence-corrected chi connectivity index (χ1v) is 10.9. The molecule has 30 heavy (non-hydrogen) atoms. The van der Waals surface area contributed by atoms with Crippen molar-refractivity contribution >= 4 is 28.1 Å². The van der Waals surface area contributed by atoms with Crippen LogP contribution in [0.1, 0.15) is 35.7 Å². The third-order valence-corrected chi connectivity index (χ3v) is 6.83. The summed E-state index contributed by atoms with van der Waals surface area (Å²) in [5, 5.41) is 5.36. The molecule has 3 aliphatic rings. The summed E-state index contributed by atoms with van der Waals surface area (Å²) < 4.78 is 11.5. The molecule has 2 saturated heterocycles. The third kappa shape index (κ3) is 2.59. The van der Waals surface area contributed by atoms with Crippen LogP contribution in [0.5, 0.6) is 0 Å². The number of piperidine rings is 1. The molecule has 0 bridgehead atoms. The number of ether oxygens (including phenoxy) is 1. The Labute approximate surface area is 175 Å². The molecule has 0 unspecified atom stereocenters. The molecule has 2 fully saturated rings. The van der Waals surface area contributed by atoms with E-state index in [1.807, 2.05) is 24.3 Å². The molecule has 2 aliphatic heterocycles. The van der Waals surface area contributed by atoms with Crippen LogP contribution in [-0.2, 0) is 4.74 Å². The van der Waals surface area contributed by atoms with Gasteiger partial charge in [0.2, 0.25) is 0 Å². The van der Waals surface area contributed by atoms with Crippen molar-refractivity contribution in [2.24, 2.45) is 5.92 Å². The van der Waals surface area contributed by atoms with Crippen molar-refractivity contribution in [2.75, 3.05) is 49.2 Å². The number of morpholine rings is 1. The van der Waals surface area contributed by atoms with Crippen molar-refractivity contribution in [1.29, 1.82) is 0 Å². The summed E-state index contributed by atoms with van der Waals surface area (Å²) >= 11 is 0. The number of anilines is 2. The number of ketones is 1. The van der Waals surface area contributed by atoms with Crippen LogP contribution in [0.2, 0.25) is 0 Å². The summed E-state index contributed by atoms with van der Waals surface area (Å²) in [7, 11) is 0. The summed E-state index contributed by atoms with van der Waals surface area (Å²) in [6, 6.07) is 9.88. The fraction of sp³-hybridized carbons (Fsp3) is 0.417. The van der Waals surface area contributed by atoms with E-state index < -0.39 is 0 Å². The molecule has 0 amide bonds. The molecule has 154 valence electrons. The number of benzene rings is 2. The van der Waals surface area contributed by atoms with Crippen molar-refractivity contribution in [3.05, 3.63) is 41.5 Å². The number of hydrogen-bond donors (Lipinski definition) is 0. The van der Waals surface area contributed by atoms with Crippen molar-refractivity contribution in [3.63, 3.8) is 0 Å². The van der Waals surface area contributed by atoms with Gasteiger partial charge in [0, 0.05) is 37.3 Å². The van der Waals surface area contributed by atoms with Gasteiger partial charge in [0.1, 0.15) is 5.52 Å². The van der Waals surface area contributed by atoms with Crippen LogP contribution in [0.3, 0.4) is 0 Å². The zero-order valence-corrected chi connectivity index (χ0v) is 17.2. The first-order chi connectivity index (χ1) is 14.7. The van der Waals surface area contributed by atoms with Crippen molar-refractivity contribution in [1.82, 2.24) is 5.16 Å². The van der Waals surface area contributed by atoms with E-state index in [9.17, 15) is 4.79 Å². The van der Waals surface area contributed by atoms with Crippen molar-refractivity contribution in [2.45, 2.75) is 19.8 Å². The van der Waals surface area contributed by atoms with E-state index in [0.29, 0.717) is 18.8 Å². The highest BCUT2D eigenvalue weighted by atomic mass is 16.5. The first-order valence-electron chi connectivity index (χ1n) is 10.9. The second-order valence-corrected chi connectivity index (χ2v) is 8.67. The maximum absolute atomic E-state index is 13.6. The van der Waals surface area contributed by atoms with Gasteiger partial charge in [-0.05, 0) is 24.8 Å². The molecule has 3 heterocycles. The van der Waals surface area contributed by atoms with E-state index in [0.717, 1.165) is 71.3 Å². The lowest BCUT2D eigenvalue weighted by molar-refractivity contribution is 0.103. The second-order valence-electron chi connectivity index (χ2n) is 8.67. The Kier molecular flexibility index (Phi) is 4.09. The van der Waals surface area contributed by atoms with E-state index in [1.54, 1.807) is 0 Å². The summed E-state index contributed by atoms with van der Waals surface area (Å²) in [6.07, 6.45) is 2.34. The van der Waals surface area contributed by atoms with Gasteiger partial charge in [-0.2, -0.15) is 0 Å². The molecule has 0 atom stereocenters. The van der Waals surface area contributed by atoms with Crippen LogP contribution >= 0.6 is 0 Å². The quantitative estimate of drug-likeness (QED) is 0.502. The van der Waals surface area contributed by atoms with Crippen LogP contribution in [0.4, 0.5) is 11.4 Å². The largest absolute Gasteiger partial charge is 0.378 e. The highest BCUT2D eigenvalue weighted by Gasteiger charge is 2.35. The van der Waals surface area contributed by atoms with Crippen LogP contribution in [0.25, 0.3) is 22.2 Å². The van der Waals surface area contributed by atoms with Gasteiger partial charge in [0.05, 0.1) is 35.5 Å². The number of fused-ring (bicyclic) bond motifs is 2. The second kappa shape index (κ2) is 6.84. The zero-order valence-electron chi connectivity index (χ0n) is 17.2. The van der Waals surface area contributed by atoms with Crippen molar-refractivity contribution in [3.8, 4) is 11.3 Å². The fourth-order valence-electron chi connectivity index (χ4n) is 5.07. The molecule has 0 N–H and O–H groups in total. The smallest absolute Gasteiger partial charge is 0.196 e. The number of aromatic nitrogens is 1. The lowest BCUT2D eigenvalue weighted by Crippen LogP contribution is -2.38. The lowest BCUT2D eigenvalue weighted by atomic mass is 9.85. The normalized spacial score (nSPS) is 19.4. The van der Waals surface area contributed by atoms with Crippen LogP contribution in [-0.4, -0.2) is 50.3 Å². The number of carbonyl (C=O) groups is 1. The minimum absolute atomic E-state index is 0.0617. The maximum atomic E-state index is 13.6. The average Bonchev–Trinajstić information content (AvgIpc) is 3.24. The van der Waals surface area contributed by atoms with Gasteiger partial charge in [-0.15, -0.1) is 0 Å². The Morgan fingerprint density at radius 2 is 1.67 bits per heavy atom. The summed E-state index contributed by atoms with van der Waals surface area (Å²) in [4.78, 5) is 18.4. The molecule has 0 radical (unpaired) electrons. The molecule has 3 aromatic rings. The molecular formula is C24H25N3O3. The number of rotatable bonds is 2. The minimum Gasteiger partial charge on any atom is -0.378 e. The fourth-order valence-corrected chi connectivity index (χ4v) is 5.07. The lowest BCUT2D eigenvalue weighted by Gasteiger charge is -2.35. The predicted octanol–water partition coefficient (Wildman–Crippen LogP) is 4.11. The highest BCUT2D eigenvalue weighted by Crippen LogP contribution is 2.47. The predicted molar refractivity (Wildman–Crippen MR) is 117 cm³/mol. The van der Waals surface area contributed by atoms with Gasteiger partial charge in [-0.25, -0.2) is 0 Å². The number of hydrogen-bond acceptors (Lipinski definition) is 6. The summed E-state index contributed by atoms with van der Waals surface area (Å²) in [6.45, 7) is 7.24. The van der Waals surface area contributed by atoms with E-state index in [4.69, 9.17) is 9.26 Å². The molecular weight excluding hydrogens is 378 g/mol. The Bertz CT molecular complexity index is 1140. The Balaban J connectivity index is 1.61. The van der Waals surface area contributed by atoms with E-state index >= 15 is 0 Å². The number of nitrogens with zero attached hydrogens (tertiary/aromatic N) is 3. The SMILES string of the molecule is CC1CCN(c2cc(N3CCOCC3)c3c4c(onc24)-c2ccccc2C3=O)CC1. The van der Waals surface area contributed by atoms with E-state index in [2.05, 4.69) is 27.9 Å².